The maximum absolute atomic E-state index is 12.5. The third-order valence-corrected chi connectivity index (χ3v) is 4.40. The Hall–Kier alpha value is -2.82. The molecule has 1 amide bonds. The van der Waals surface area contributed by atoms with Crippen molar-refractivity contribution < 1.29 is 19.1 Å². The van der Waals surface area contributed by atoms with Crippen LogP contribution in [0.15, 0.2) is 48.5 Å². The molecule has 1 atom stereocenters. The Morgan fingerprint density at radius 3 is 2.50 bits per heavy atom. The van der Waals surface area contributed by atoms with Crippen LogP contribution in [0.2, 0.25) is 0 Å². The van der Waals surface area contributed by atoms with Crippen LogP contribution in [0, 0.1) is 12.8 Å². The second kappa shape index (κ2) is 8.04. The van der Waals surface area contributed by atoms with E-state index in [1.54, 1.807) is 23.1 Å². The lowest BCUT2D eigenvalue weighted by atomic mass is 10.1. The van der Waals surface area contributed by atoms with Gasteiger partial charge in [0.1, 0.15) is 0 Å². The van der Waals surface area contributed by atoms with E-state index in [4.69, 9.17) is 9.47 Å². The van der Waals surface area contributed by atoms with Crippen molar-refractivity contribution in [3.63, 3.8) is 0 Å². The predicted molar refractivity (Wildman–Crippen MR) is 97.9 cm³/mol. The minimum Gasteiger partial charge on any atom is -0.490 e. The van der Waals surface area contributed by atoms with Gasteiger partial charge in [-0.25, -0.2) is 0 Å². The summed E-state index contributed by atoms with van der Waals surface area (Å²) in [6, 6.07) is 15.1. The maximum atomic E-state index is 12.5. The summed E-state index contributed by atoms with van der Waals surface area (Å²) in [5.74, 6) is 0.0538. The first kappa shape index (κ1) is 18.0. The van der Waals surface area contributed by atoms with Crippen molar-refractivity contribution in [3.8, 4) is 11.5 Å². The lowest BCUT2D eigenvalue weighted by Gasteiger charge is -2.17. The van der Waals surface area contributed by atoms with E-state index in [-0.39, 0.29) is 12.3 Å². The van der Waals surface area contributed by atoms with Crippen molar-refractivity contribution in [2.24, 2.45) is 5.92 Å². The number of para-hydroxylation sites is 2. The summed E-state index contributed by atoms with van der Waals surface area (Å²) in [6.45, 7) is 5.27. The molecule has 2 aromatic rings. The summed E-state index contributed by atoms with van der Waals surface area (Å²) in [5, 5.41) is 0. The molecule has 1 saturated heterocycles. The normalized spacial score (nSPS) is 16.6. The average molecular weight is 353 g/mol. The minimum absolute atomic E-state index is 0.0226. The van der Waals surface area contributed by atoms with Gasteiger partial charge >= 0.3 is 5.97 Å². The number of carbonyl (C=O) groups excluding carboxylic acids is 2. The number of ether oxygens (including phenoxy) is 2. The van der Waals surface area contributed by atoms with Crippen LogP contribution in [0.4, 0.5) is 0 Å². The van der Waals surface area contributed by atoms with Crippen molar-refractivity contribution in [2.45, 2.75) is 26.8 Å². The molecular formula is C21H23NO4. The van der Waals surface area contributed by atoms with Crippen LogP contribution < -0.4 is 9.47 Å². The molecule has 0 aliphatic carbocycles. The van der Waals surface area contributed by atoms with Crippen molar-refractivity contribution in [1.82, 2.24) is 4.90 Å². The smallest absolute Gasteiger partial charge is 0.316 e. The highest BCUT2D eigenvalue weighted by Crippen LogP contribution is 2.29. The molecule has 1 aliphatic heterocycles. The largest absolute Gasteiger partial charge is 0.490 e. The number of benzene rings is 2. The first-order chi connectivity index (χ1) is 12.6. The molecule has 5 heteroatoms. The molecule has 0 bridgehead atoms. The summed E-state index contributed by atoms with van der Waals surface area (Å²) >= 11 is 0. The molecule has 1 aliphatic rings. The summed E-state index contributed by atoms with van der Waals surface area (Å²) < 4.78 is 11.0. The maximum Gasteiger partial charge on any atom is 0.316 e. The van der Waals surface area contributed by atoms with Crippen molar-refractivity contribution in [2.75, 3.05) is 13.2 Å². The van der Waals surface area contributed by atoms with Crippen molar-refractivity contribution in [1.29, 1.82) is 0 Å². The van der Waals surface area contributed by atoms with E-state index < -0.39 is 11.9 Å². The molecule has 0 aromatic heterocycles. The Labute approximate surface area is 153 Å². The van der Waals surface area contributed by atoms with Crippen LogP contribution in [0.5, 0.6) is 11.5 Å². The number of likely N-dealkylation sites (tertiary alicyclic amines) is 1. The SMILES string of the molecule is CCOc1ccccc1OC(=O)C1CC(=O)N(Cc2ccc(C)cc2)C1. The van der Waals surface area contributed by atoms with Gasteiger partial charge in [0, 0.05) is 19.5 Å². The highest BCUT2D eigenvalue weighted by atomic mass is 16.6. The van der Waals surface area contributed by atoms with Gasteiger partial charge in [0.15, 0.2) is 11.5 Å². The second-order valence-electron chi connectivity index (χ2n) is 6.46. The highest BCUT2D eigenvalue weighted by Gasteiger charge is 2.35. The number of hydrogen-bond acceptors (Lipinski definition) is 4. The Kier molecular flexibility index (Phi) is 5.56. The van der Waals surface area contributed by atoms with Gasteiger partial charge in [0.25, 0.3) is 0 Å². The lowest BCUT2D eigenvalue weighted by molar-refractivity contribution is -0.139. The molecule has 1 fully saturated rings. The number of nitrogens with zero attached hydrogens (tertiary/aromatic N) is 1. The Balaban J connectivity index is 1.63. The number of amides is 1. The van der Waals surface area contributed by atoms with Gasteiger partial charge in [-0.2, -0.15) is 0 Å². The number of carbonyl (C=O) groups is 2. The summed E-state index contributed by atoms with van der Waals surface area (Å²) in [5.41, 5.74) is 2.23. The second-order valence-corrected chi connectivity index (χ2v) is 6.46. The fourth-order valence-electron chi connectivity index (χ4n) is 3.00. The van der Waals surface area contributed by atoms with Crippen LogP contribution in [-0.2, 0) is 16.1 Å². The van der Waals surface area contributed by atoms with Gasteiger partial charge in [0.2, 0.25) is 5.91 Å². The third kappa shape index (κ3) is 4.23. The lowest BCUT2D eigenvalue weighted by Crippen LogP contribution is -2.27. The fraction of sp³-hybridized carbons (Fsp3) is 0.333. The molecule has 0 radical (unpaired) electrons. The summed E-state index contributed by atoms with van der Waals surface area (Å²) in [6.07, 6.45) is 0.182. The Morgan fingerprint density at radius 1 is 1.12 bits per heavy atom. The molecule has 2 aromatic carbocycles. The quantitative estimate of drug-likeness (QED) is 0.590. The average Bonchev–Trinajstić information content (AvgIpc) is 3.00. The van der Waals surface area contributed by atoms with E-state index in [1.807, 2.05) is 44.2 Å². The molecule has 5 nitrogen and oxygen atoms in total. The summed E-state index contributed by atoms with van der Waals surface area (Å²) in [4.78, 5) is 26.5. The first-order valence-corrected chi connectivity index (χ1v) is 8.83. The Morgan fingerprint density at radius 2 is 1.81 bits per heavy atom. The van der Waals surface area contributed by atoms with Crippen LogP contribution in [0.1, 0.15) is 24.5 Å². The molecule has 1 unspecified atom stereocenters. The van der Waals surface area contributed by atoms with Gasteiger partial charge in [-0.1, -0.05) is 42.0 Å². The zero-order valence-electron chi connectivity index (χ0n) is 15.1. The van der Waals surface area contributed by atoms with Gasteiger partial charge in [-0.15, -0.1) is 0 Å². The summed E-state index contributed by atoms with van der Waals surface area (Å²) in [7, 11) is 0. The molecule has 0 saturated carbocycles. The topological polar surface area (TPSA) is 55.8 Å². The van der Waals surface area contributed by atoms with E-state index in [0.29, 0.717) is 31.2 Å². The van der Waals surface area contributed by atoms with Gasteiger partial charge in [0.05, 0.1) is 12.5 Å². The van der Waals surface area contributed by atoms with E-state index in [1.165, 1.54) is 5.56 Å². The monoisotopic (exact) mass is 353 g/mol. The molecule has 0 spiro atoms. The molecule has 26 heavy (non-hydrogen) atoms. The van der Waals surface area contributed by atoms with Crippen LogP contribution in [-0.4, -0.2) is 29.9 Å². The van der Waals surface area contributed by atoms with E-state index >= 15 is 0 Å². The number of hydrogen-bond donors (Lipinski definition) is 0. The molecule has 3 rings (SSSR count). The van der Waals surface area contributed by atoms with Crippen LogP contribution >= 0.6 is 0 Å². The first-order valence-electron chi connectivity index (χ1n) is 8.83. The minimum atomic E-state index is -0.456. The number of aryl methyl sites for hydroxylation is 1. The molecule has 0 N–H and O–H groups in total. The van der Waals surface area contributed by atoms with E-state index in [9.17, 15) is 9.59 Å². The van der Waals surface area contributed by atoms with Crippen LogP contribution in [0.3, 0.4) is 0 Å². The molecule has 1 heterocycles. The van der Waals surface area contributed by atoms with Gasteiger partial charge < -0.3 is 14.4 Å². The predicted octanol–water partition coefficient (Wildman–Crippen LogP) is 3.35. The van der Waals surface area contributed by atoms with E-state index in [2.05, 4.69) is 0 Å². The van der Waals surface area contributed by atoms with Crippen LogP contribution in [0.25, 0.3) is 0 Å². The highest BCUT2D eigenvalue weighted by molar-refractivity contribution is 5.87. The number of rotatable bonds is 6. The fourth-order valence-corrected chi connectivity index (χ4v) is 3.00. The van der Waals surface area contributed by atoms with Crippen molar-refractivity contribution in [3.05, 3.63) is 59.7 Å². The molecule has 136 valence electrons. The van der Waals surface area contributed by atoms with Crippen molar-refractivity contribution >= 4 is 11.9 Å². The van der Waals surface area contributed by atoms with E-state index in [0.717, 1.165) is 5.56 Å². The Bertz CT molecular complexity index is 785. The zero-order valence-corrected chi connectivity index (χ0v) is 15.1. The van der Waals surface area contributed by atoms with Gasteiger partial charge in [-0.05, 0) is 31.5 Å². The number of esters is 1. The molecular weight excluding hydrogens is 330 g/mol. The zero-order chi connectivity index (χ0) is 18.5. The standard InChI is InChI=1S/C21H23NO4/c1-3-25-18-6-4-5-7-19(18)26-21(24)17-12-20(23)22(14-17)13-16-10-8-15(2)9-11-16/h4-11,17H,3,12-14H2,1-2H3. The third-order valence-electron chi connectivity index (χ3n) is 4.40. The van der Waals surface area contributed by atoms with Gasteiger partial charge in [-0.3, -0.25) is 9.59 Å².